The lowest BCUT2D eigenvalue weighted by molar-refractivity contribution is 1.43. The molecule has 0 N–H and O–H groups in total. The van der Waals surface area contributed by atoms with Gasteiger partial charge in [0.05, 0.1) is 0 Å². The lowest BCUT2D eigenvalue weighted by atomic mass is 10.0. The molecule has 0 aliphatic carbocycles. The van der Waals surface area contributed by atoms with Crippen LogP contribution in [0.5, 0.6) is 0 Å². The molecule has 0 spiro atoms. The van der Waals surface area contributed by atoms with Crippen molar-refractivity contribution < 1.29 is 0 Å². The molecule has 0 atom stereocenters. The zero-order valence-electron chi connectivity index (χ0n) is 9.03. The van der Waals surface area contributed by atoms with Gasteiger partial charge in [-0.2, -0.15) is 0 Å². The Morgan fingerprint density at radius 2 is 1.60 bits per heavy atom. The van der Waals surface area contributed by atoms with E-state index in [1.807, 2.05) is 0 Å². The molecule has 0 unspecified atom stereocenters. The van der Waals surface area contributed by atoms with Crippen molar-refractivity contribution in [3.05, 3.63) is 54.1 Å². The third-order valence-electron chi connectivity index (χ3n) is 2.45. The minimum Gasteiger partial charge on any atom is -0.130 e. The van der Waals surface area contributed by atoms with Gasteiger partial charge in [0.25, 0.3) is 0 Å². The summed E-state index contributed by atoms with van der Waals surface area (Å²) in [6.07, 6.45) is 2.11. The molecule has 0 aromatic heterocycles. The SMILES string of the molecule is CSc1cccc(-c2ccc(C)cc2)c1. The van der Waals surface area contributed by atoms with Gasteiger partial charge in [0.2, 0.25) is 0 Å². The largest absolute Gasteiger partial charge is 0.130 e. The lowest BCUT2D eigenvalue weighted by Gasteiger charge is -2.04. The minimum absolute atomic E-state index is 1.29. The zero-order valence-corrected chi connectivity index (χ0v) is 9.84. The second kappa shape index (κ2) is 4.54. The first kappa shape index (κ1) is 10.3. The first-order valence-electron chi connectivity index (χ1n) is 5.01. The van der Waals surface area contributed by atoms with Gasteiger partial charge in [-0.3, -0.25) is 0 Å². The van der Waals surface area contributed by atoms with Gasteiger partial charge in [0.1, 0.15) is 0 Å². The number of benzene rings is 2. The summed E-state index contributed by atoms with van der Waals surface area (Å²) in [5, 5.41) is 0. The van der Waals surface area contributed by atoms with Crippen LogP contribution >= 0.6 is 11.8 Å². The van der Waals surface area contributed by atoms with E-state index < -0.39 is 0 Å². The van der Waals surface area contributed by atoms with E-state index in [4.69, 9.17) is 0 Å². The third-order valence-corrected chi connectivity index (χ3v) is 3.18. The Kier molecular flexibility index (Phi) is 3.12. The fourth-order valence-electron chi connectivity index (χ4n) is 1.55. The molecule has 0 aliphatic heterocycles. The lowest BCUT2D eigenvalue weighted by Crippen LogP contribution is -1.79. The minimum atomic E-state index is 1.29. The average molecular weight is 214 g/mol. The van der Waals surface area contributed by atoms with Crippen molar-refractivity contribution in [2.45, 2.75) is 11.8 Å². The van der Waals surface area contributed by atoms with Crippen LogP contribution in [0.15, 0.2) is 53.4 Å². The number of thioether (sulfide) groups is 1. The quantitative estimate of drug-likeness (QED) is 0.668. The monoisotopic (exact) mass is 214 g/mol. The Balaban J connectivity index is 2.40. The first-order valence-corrected chi connectivity index (χ1v) is 6.23. The summed E-state index contributed by atoms with van der Waals surface area (Å²) >= 11 is 1.78. The predicted octanol–water partition coefficient (Wildman–Crippen LogP) is 4.38. The Bertz CT molecular complexity index is 443. The fourth-order valence-corrected chi connectivity index (χ4v) is 2.01. The molecule has 0 nitrogen and oxygen atoms in total. The Morgan fingerprint density at radius 1 is 0.867 bits per heavy atom. The van der Waals surface area contributed by atoms with Crippen molar-refractivity contribution in [2.24, 2.45) is 0 Å². The predicted molar refractivity (Wildman–Crippen MR) is 68.4 cm³/mol. The van der Waals surface area contributed by atoms with Crippen LogP contribution in [0.25, 0.3) is 11.1 Å². The van der Waals surface area contributed by atoms with Gasteiger partial charge in [-0.05, 0) is 36.4 Å². The van der Waals surface area contributed by atoms with Crippen LogP contribution in [0.4, 0.5) is 0 Å². The van der Waals surface area contributed by atoms with Gasteiger partial charge >= 0.3 is 0 Å². The van der Waals surface area contributed by atoms with Crippen molar-refractivity contribution in [3.63, 3.8) is 0 Å². The maximum Gasteiger partial charge on any atom is 0.00752 e. The van der Waals surface area contributed by atoms with Crippen LogP contribution in [-0.2, 0) is 0 Å². The average Bonchev–Trinajstić information content (AvgIpc) is 2.30. The highest BCUT2D eigenvalue weighted by atomic mass is 32.2. The second-order valence-corrected chi connectivity index (χ2v) is 4.48. The summed E-state index contributed by atoms with van der Waals surface area (Å²) in [5.41, 5.74) is 3.89. The number of aryl methyl sites for hydroxylation is 1. The third kappa shape index (κ3) is 2.42. The normalized spacial score (nSPS) is 10.3. The molecule has 0 bridgehead atoms. The van der Waals surface area contributed by atoms with E-state index in [-0.39, 0.29) is 0 Å². The van der Waals surface area contributed by atoms with E-state index in [2.05, 4.69) is 61.7 Å². The summed E-state index contributed by atoms with van der Waals surface area (Å²) in [6.45, 7) is 2.11. The molecular weight excluding hydrogens is 200 g/mol. The highest BCUT2D eigenvalue weighted by molar-refractivity contribution is 7.98. The van der Waals surface area contributed by atoms with Gasteiger partial charge in [0.15, 0.2) is 0 Å². The zero-order chi connectivity index (χ0) is 10.7. The maximum atomic E-state index is 2.23. The van der Waals surface area contributed by atoms with Gasteiger partial charge in [-0.1, -0.05) is 42.0 Å². The number of rotatable bonds is 2. The summed E-state index contributed by atoms with van der Waals surface area (Å²) in [4.78, 5) is 1.31. The molecular formula is C14H14S. The van der Waals surface area contributed by atoms with Gasteiger partial charge in [0, 0.05) is 4.90 Å². The Labute approximate surface area is 95.3 Å². The molecule has 76 valence electrons. The molecule has 2 rings (SSSR count). The summed E-state index contributed by atoms with van der Waals surface area (Å²) in [6, 6.07) is 17.3. The van der Waals surface area contributed by atoms with E-state index in [9.17, 15) is 0 Å². The molecule has 15 heavy (non-hydrogen) atoms. The first-order chi connectivity index (χ1) is 7.29. The molecule has 0 saturated carbocycles. The topological polar surface area (TPSA) is 0 Å². The highest BCUT2D eigenvalue weighted by Crippen LogP contribution is 2.24. The van der Waals surface area contributed by atoms with Crippen LogP contribution in [0.3, 0.4) is 0 Å². The van der Waals surface area contributed by atoms with Crippen molar-refractivity contribution >= 4 is 11.8 Å². The van der Waals surface area contributed by atoms with Crippen LogP contribution < -0.4 is 0 Å². The summed E-state index contributed by atoms with van der Waals surface area (Å²) in [5.74, 6) is 0. The van der Waals surface area contributed by atoms with E-state index in [1.54, 1.807) is 11.8 Å². The van der Waals surface area contributed by atoms with E-state index in [0.29, 0.717) is 0 Å². The molecule has 0 fully saturated rings. The molecule has 0 heterocycles. The molecule has 0 amide bonds. The number of hydrogen-bond donors (Lipinski definition) is 0. The van der Waals surface area contributed by atoms with E-state index in [1.165, 1.54) is 21.6 Å². The van der Waals surface area contributed by atoms with Gasteiger partial charge < -0.3 is 0 Å². The van der Waals surface area contributed by atoms with Crippen LogP contribution in [-0.4, -0.2) is 6.26 Å². The molecule has 2 aromatic carbocycles. The molecule has 0 saturated heterocycles. The summed E-state index contributed by atoms with van der Waals surface area (Å²) in [7, 11) is 0. The molecule has 2 aromatic rings. The smallest absolute Gasteiger partial charge is 0.00752 e. The summed E-state index contributed by atoms with van der Waals surface area (Å²) < 4.78 is 0. The second-order valence-electron chi connectivity index (χ2n) is 3.60. The van der Waals surface area contributed by atoms with Gasteiger partial charge in [-0.25, -0.2) is 0 Å². The molecule has 0 aliphatic rings. The van der Waals surface area contributed by atoms with Crippen molar-refractivity contribution in [1.82, 2.24) is 0 Å². The molecule has 0 radical (unpaired) electrons. The van der Waals surface area contributed by atoms with Crippen LogP contribution in [0, 0.1) is 6.92 Å². The van der Waals surface area contributed by atoms with E-state index >= 15 is 0 Å². The van der Waals surface area contributed by atoms with Crippen LogP contribution in [0.1, 0.15) is 5.56 Å². The molecule has 1 heteroatoms. The number of hydrogen-bond acceptors (Lipinski definition) is 1. The fraction of sp³-hybridized carbons (Fsp3) is 0.143. The maximum absolute atomic E-state index is 2.23. The van der Waals surface area contributed by atoms with Gasteiger partial charge in [-0.15, -0.1) is 11.8 Å². The van der Waals surface area contributed by atoms with Crippen LogP contribution in [0.2, 0.25) is 0 Å². The Morgan fingerprint density at radius 3 is 2.27 bits per heavy atom. The Hall–Kier alpha value is -1.21. The van der Waals surface area contributed by atoms with E-state index in [0.717, 1.165) is 0 Å². The van der Waals surface area contributed by atoms with Crippen molar-refractivity contribution in [1.29, 1.82) is 0 Å². The van der Waals surface area contributed by atoms with Crippen molar-refractivity contribution in [3.8, 4) is 11.1 Å². The standard InChI is InChI=1S/C14H14S/c1-11-6-8-12(9-7-11)13-4-3-5-14(10-13)15-2/h3-10H,1-2H3. The highest BCUT2D eigenvalue weighted by Gasteiger charge is 1.97. The van der Waals surface area contributed by atoms with Crippen molar-refractivity contribution in [2.75, 3.05) is 6.26 Å².